The molecule has 1 atom stereocenters. The van der Waals surface area contributed by atoms with Gasteiger partial charge in [-0.25, -0.2) is 0 Å². The van der Waals surface area contributed by atoms with Crippen molar-refractivity contribution in [2.24, 2.45) is 5.92 Å². The van der Waals surface area contributed by atoms with Crippen LogP contribution in [0, 0.1) is 5.92 Å². The van der Waals surface area contributed by atoms with E-state index >= 15 is 0 Å². The number of fused-ring (bicyclic) bond motifs is 1. The van der Waals surface area contributed by atoms with E-state index < -0.39 is 0 Å². The van der Waals surface area contributed by atoms with Crippen LogP contribution in [0.5, 0.6) is 0 Å². The SMILES string of the molecule is CC(C)C(Br)CCc1cnc2ccccc2c1. The molecule has 0 aliphatic carbocycles. The fraction of sp³-hybridized carbons (Fsp3) is 0.400. The Kier molecular flexibility index (Phi) is 4.16. The molecule has 0 spiro atoms. The summed E-state index contributed by atoms with van der Waals surface area (Å²) in [4.78, 5) is 5.08. The number of hydrogen-bond acceptors (Lipinski definition) is 1. The van der Waals surface area contributed by atoms with Gasteiger partial charge in [0, 0.05) is 16.4 Å². The Hall–Kier alpha value is -0.890. The summed E-state index contributed by atoms with van der Waals surface area (Å²) in [6, 6.07) is 10.5. The average molecular weight is 292 g/mol. The fourth-order valence-electron chi connectivity index (χ4n) is 1.89. The molecule has 17 heavy (non-hydrogen) atoms. The lowest BCUT2D eigenvalue weighted by Crippen LogP contribution is -2.08. The Bertz CT molecular complexity index is 493. The highest BCUT2D eigenvalue weighted by Gasteiger charge is 2.09. The molecule has 0 fully saturated rings. The number of rotatable bonds is 4. The molecule has 2 heteroatoms. The van der Waals surface area contributed by atoms with Gasteiger partial charge in [0.15, 0.2) is 0 Å². The molecule has 0 bridgehead atoms. The van der Waals surface area contributed by atoms with Crippen molar-refractivity contribution in [1.29, 1.82) is 0 Å². The summed E-state index contributed by atoms with van der Waals surface area (Å²) in [6.07, 6.45) is 4.26. The molecule has 0 N–H and O–H groups in total. The Morgan fingerprint density at radius 1 is 1.24 bits per heavy atom. The Labute approximate surface area is 111 Å². The predicted molar refractivity (Wildman–Crippen MR) is 77.6 cm³/mol. The molecule has 1 heterocycles. The van der Waals surface area contributed by atoms with Crippen molar-refractivity contribution >= 4 is 26.8 Å². The number of aromatic nitrogens is 1. The first-order valence-corrected chi connectivity index (χ1v) is 7.06. The zero-order chi connectivity index (χ0) is 12.3. The van der Waals surface area contributed by atoms with Crippen LogP contribution in [0.2, 0.25) is 0 Å². The minimum atomic E-state index is 0.592. The van der Waals surface area contributed by atoms with Gasteiger partial charge in [0.25, 0.3) is 0 Å². The van der Waals surface area contributed by atoms with Gasteiger partial charge in [-0.05, 0) is 36.5 Å². The van der Waals surface area contributed by atoms with Crippen molar-refractivity contribution in [1.82, 2.24) is 4.98 Å². The van der Waals surface area contributed by atoms with Crippen LogP contribution >= 0.6 is 15.9 Å². The number of benzene rings is 1. The molecule has 0 aliphatic rings. The normalized spacial score (nSPS) is 13.2. The smallest absolute Gasteiger partial charge is 0.0702 e. The third-order valence-electron chi connectivity index (χ3n) is 3.08. The maximum Gasteiger partial charge on any atom is 0.0702 e. The van der Waals surface area contributed by atoms with Crippen LogP contribution in [0.15, 0.2) is 36.5 Å². The van der Waals surface area contributed by atoms with Gasteiger partial charge in [-0.1, -0.05) is 48.0 Å². The van der Waals surface area contributed by atoms with E-state index in [9.17, 15) is 0 Å². The van der Waals surface area contributed by atoms with Gasteiger partial charge in [-0.15, -0.1) is 0 Å². The van der Waals surface area contributed by atoms with Crippen molar-refractivity contribution in [3.05, 3.63) is 42.1 Å². The van der Waals surface area contributed by atoms with Gasteiger partial charge in [0.1, 0.15) is 0 Å². The third kappa shape index (κ3) is 3.29. The van der Waals surface area contributed by atoms with Crippen LogP contribution < -0.4 is 0 Å². The van der Waals surface area contributed by atoms with Crippen molar-refractivity contribution < 1.29 is 0 Å². The number of alkyl halides is 1. The van der Waals surface area contributed by atoms with Crippen LogP contribution in [0.3, 0.4) is 0 Å². The summed E-state index contributed by atoms with van der Waals surface area (Å²) >= 11 is 3.73. The second-order valence-corrected chi connectivity index (χ2v) is 6.01. The lowest BCUT2D eigenvalue weighted by atomic mass is 10.0. The van der Waals surface area contributed by atoms with Crippen LogP contribution in [0.4, 0.5) is 0 Å². The van der Waals surface area contributed by atoms with E-state index in [4.69, 9.17) is 0 Å². The van der Waals surface area contributed by atoms with Crippen LogP contribution in [0.25, 0.3) is 10.9 Å². The van der Waals surface area contributed by atoms with Crippen molar-refractivity contribution in [3.8, 4) is 0 Å². The van der Waals surface area contributed by atoms with E-state index in [1.807, 2.05) is 12.3 Å². The molecule has 0 amide bonds. The molecule has 2 rings (SSSR count). The quantitative estimate of drug-likeness (QED) is 0.751. The summed E-state index contributed by atoms with van der Waals surface area (Å²) in [6.45, 7) is 4.50. The minimum absolute atomic E-state index is 0.592. The Balaban J connectivity index is 2.09. The van der Waals surface area contributed by atoms with Crippen LogP contribution in [-0.2, 0) is 6.42 Å². The number of halogens is 1. The zero-order valence-corrected chi connectivity index (χ0v) is 11.9. The van der Waals surface area contributed by atoms with Gasteiger partial charge in [0.05, 0.1) is 5.52 Å². The molecule has 0 aliphatic heterocycles. The first-order valence-electron chi connectivity index (χ1n) is 6.14. The zero-order valence-electron chi connectivity index (χ0n) is 10.4. The molecular formula is C15H18BrN. The summed E-state index contributed by atoms with van der Waals surface area (Å²) in [5, 5.41) is 1.24. The molecule has 0 saturated heterocycles. The molecule has 1 nitrogen and oxygen atoms in total. The Morgan fingerprint density at radius 2 is 2.00 bits per heavy atom. The average Bonchev–Trinajstić information content (AvgIpc) is 2.35. The molecule has 0 saturated carbocycles. The lowest BCUT2D eigenvalue weighted by molar-refractivity contribution is 0.581. The van der Waals surface area contributed by atoms with E-state index in [1.165, 1.54) is 10.9 Å². The second kappa shape index (κ2) is 5.63. The standard InChI is InChI=1S/C15H18BrN/c1-11(2)14(16)8-7-12-9-13-5-3-4-6-15(13)17-10-12/h3-6,9-11,14H,7-8H2,1-2H3. The molecule has 90 valence electrons. The topological polar surface area (TPSA) is 12.9 Å². The van der Waals surface area contributed by atoms with E-state index in [0.717, 1.165) is 18.4 Å². The van der Waals surface area contributed by atoms with E-state index in [0.29, 0.717) is 10.7 Å². The monoisotopic (exact) mass is 291 g/mol. The first kappa shape index (κ1) is 12.6. The van der Waals surface area contributed by atoms with Crippen molar-refractivity contribution in [3.63, 3.8) is 0 Å². The number of hydrogen-bond donors (Lipinski definition) is 0. The highest BCUT2D eigenvalue weighted by molar-refractivity contribution is 9.09. The van der Waals surface area contributed by atoms with Gasteiger partial charge >= 0.3 is 0 Å². The van der Waals surface area contributed by atoms with Gasteiger partial charge in [0.2, 0.25) is 0 Å². The maximum atomic E-state index is 4.49. The maximum absolute atomic E-state index is 4.49. The summed E-state index contributed by atoms with van der Waals surface area (Å²) in [5.41, 5.74) is 2.41. The number of aryl methyl sites for hydroxylation is 1. The largest absolute Gasteiger partial charge is 0.256 e. The van der Waals surface area contributed by atoms with E-state index in [2.05, 4.69) is 59.0 Å². The lowest BCUT2D eigenvalue weighted by Gasteiger charge is -2.13. The number of nitrogens with zero attached hydrogens (tertiary/aromatic N) is 1. The van der Waals surface area contributed by atoms with Gasteiger partial charge < -0.3 is 0 Å². The fourth-order valence-corrected chi connectivity index (χ4v) is 2.12. The molecule has 1 aromatic heterocycles. The van der Waals surface area contributed by atoms with Gasteiger partial charge in [-0.2, -0.15) is 0 Å². The third-order valence-corrected chi connectivity index (χ3v) is 4.59. The van der Waals surface area contributed by atoms with Crippen molar-refractivity contribution in [2.75, 3.05) is 0 Å². The Morgan fingerprint density at radius 3 is 2.76 bits per heavy atom. The van der Waals surface area contributed by atoms with Gasteiger partial charge in [-0.3, -0.25) is 4.98 Å². The minimum Gasteiger partial charge on any atom is -0.256 e. The second-order valence-electron chi connectivity index (χ2n) is 4.83. The molecule has 2 aromatic rings. The summed E-state index contributed by atoms with van der Waals surface area (Å²) in [5.74, 6) is 0.684. The highest BCUT2D eigenvalue weighted by Crippen LogP contribution is 2.20. The van der Waals surface area contributed by atoms with E-state index in [1.54, 1.807) is 0 Å². The summed E-state index contributed by atoms with van der Waals surface area (Å²) < 4.78 is 0. The molecule has 1 unspecified atom stereocenters. The molecular weight excluding hydrogens is 274 g/mol. The first-order chi connectivity index (χ1) is 8.16. The molecule has 0 radical (unpaired) electrons. The summed E-state index contributed by atoms with van der Waals surface area (Å²) in [7, 11) is 0. The highest BCUT2D eigenvalue weighted by atomic mass is 79.9. The molecule has 1 aromatic carbocycles. The number of para-hydroxylation sites is 1. The van der Waals surface area contributed by atoms with Crippen LogP contribution in [-0.4, -0.2) is 9.81 Å². The number of pyridine rings is 1. The predicted octanol–water partition coefficient (Wildman–Crippen LogP) is 4.59. The van der Waals surface area contributed by atoms with Crippen LogP contribution in [0.1, 0.15) is 25.8 Å². The van der Waals surface area contributed by atoms with E-state index in [-0.39, 0.29) is 0 Å². The van der Waals surface area contributed by atoms with Crippen molar-refractivity contribution in [2.45, 2.75) is 31.5 Å².